The number of benzene rings is 1. The van der Waals surface area contributed by atoms with Crippen molar-refractivity contribution in [1.82, 2.24) is 9.97 Å². The summed E-state index contributed by atoms with van der Waals surface area (Å²) in [7, 11) is 0. The van der Waals surface area contributed by atoms with E-state index < -0.39 is 0 Å². The van der Waals surface area contributed by atoms with Crippen molar-refractivity contribution in [3.63, 3.8) is 0 Å². The van der Waals surface area contributed by atoms with Crippen LogP contribution in [0.5, 0.6) is 5.75 Å². The average Bonchev–Trinajstić information content (AvgIpc) is 2.60. The van der Waals surface area contributed by atoms with Crippen molar-refractivity contribution in [3.05, 3.63) is 41.6 Å². The molecule has 24 heavy (non-hydrogen) atoms. The molecule has 2 rings (SSSR count). The molecule has 0 aliphatic rings. The molecule has 130 valence electrons. The molecule has 3 N–H and O–H groups in total. The maximum absolute atomic E-state index is 5.86. The van der Waals surface area contributed by atoms with E-state index in [9.17, 15) is 0 Å². The lowest BCUT2D eigenvalue weighted by Crippen LogP contribution is -2.09. The number of rotatable bonds is 10. The topological polar surface area (TPSA) is 73.1 Å². The van der Waals surface area contributed by atoms with Crippen LogP contribution < -0.4 is 15.8 Å². The Morgan fingerprint density at radius 2 is 2.00 bits per heavy atom. The minimum atomic E-state index is 0.262. The molecular weight excluding hydrogens is 300 g/mol. The first kappa shape index (κ1) is 18.0. The summed E-state index contributed by atoms with van der Waals surface area (Å²) < 4.78 is 5.86. The molecule has 0 fully saturated rings. The van der Waals surface area contributed by atoms with Crippen LogP contribution in [-0.4, -0.2) is 23.1 Å². The summed E-state index contributed by atoms with van der Waals surface area (Å²) in [5.41, 5.74) is 8.40. The maximum Gasteiger partial charge on any atom is 0.222 e. The van der Waals surface area contributed by atoms with E-state index in [0.29, 0.717) is 18.2 Å². The van der Waals surface area contributed by atoms with Crippen LogP contribution in [0, 0.1) is 0 Å². The van der Waals surface area contributed by atoms with Gasteiger partial charge in [-0.3, -0.25) is 0 Å². The van der Waals surface area contributed by atoms with E-state index in [2.05, 4.69) is 53.4 Å². The van der Waals surface area contributed by atoms with Crippen molar-refractivity contribution in [2.45, 2.75) is 46.0 Å². The van der Waals surface area contributed by atoms with Gasteiger partial charge in [-0.25, -0.2) is 4.98 Å². The van der Waals surface area contributed by atoms with E-state index >= 15 is 0 Å². The highest BCUT2D eigenvalue weighted by atomic mass is 16.5. The summed E-state index contributed by atoms with van der Waals surface area (Å²) >= 11 is 0. The fraction of sp³-hybridized carbons (Fsp3) is 0.474. The number of anilines is 2. The monoisotopic (exact) mass is 328 g/mol. The van der Waals surface area contributed by atoms with Crippen LogP contribution in [0.15, 0.2) is 30.5 Å². The lowest BCUT2D eigenvalue weighted by atomic mass is 10.1. The summed E-state index contributed by atoms with van der Waals surface area (Å²) in [6, 6.07) is 8.73. The van der Waals surface area contributed by atoms with Crippen molar-refractivity contribution in [2.24, 2.45) is 0 Å². The fourth-order valence-electron chi connectivity index (χ4n) is 2.46. The summed E-state index contributed by atoms with van der Waals surface area (Å²) in [4.78, 5) is 8.26. The van der Waals surface area contributed by atoms with Crippen molar-refractivity contribution in [2.75, 3.05) is 24.2 Å². The number of unbranched alkanes of at least 4 members (excludes halogenated alkanes) is 1. The van der Waals surface area contributed by atoms with E-state index in [1.807, 2.05) is 0 Å². The molecule has 0 aliphatic heterocycles. The zero-order valence-corrected chi connectivity index (χ0v) is 14.7. The number of ether oxygens (including phenoxy) is 1. The minimum absolute atomic E-state index is 0.262. The van der Waals surface area contributed by atoms with Gasteiger partial charge in [0.25, 0.3) is 0 Å². The Kier molecular flexibility index (Phi) is 7.33. The van der Waals surface area contributed by atoms with Crippen LogP contribution >= 0.6 is 0 Å². The number of aromatic nitrogens is 2. The SMILES string of the molecule is CCCCNc1nc(N)ncc1OCCCc1cccc(CC)c1. The second-order valence-electron chi connectivity index (χ2n) is 5.85. The number of nitrogens with two attached hydrogens (primary N) is 1. The Balaban J connectivity index is 1.84. The highest BCUT2D eigenvalue weighted by Crippen LogP contribution is 2.22. The summed E-state index contributed by atoms with van der Waals surface area (Å²) in [6.45, 7) is 5.82. The van der Waals surface area contributed by atoms with Gasteiger partial charge in [0.1, 0.15) is 0 Å². The maximum atomic E-state index is 5.86. The molecule has 0 atom stereocenters. The van der Waals surface area contributed by atoms with Crippen LogP contribution in [0.4, 0.5) is 11.8 Å². The van der Waals surface area contributed by atoms with Crippen molar-refractivity contribution >= 4 is 11.8 Å². The molecule has 0 spiro atoms. The Hall–Kier alpha value is -2.30. The summed E-state index contributed by atoms with van der Waals surface area (Å²) in [5, 5.41) is 3.27. The zero-order valence-electron chi connectivity index (χ0n) is 14.7. The second kappa shape index (κ2) is 9.75. The smallest absolute Gasteiger partial charge is 0.222 e. The van der Waals surface area contributed by atoms with Gasteiger partial charge in [-0.2, -0.15) is 4.98 Å². The van der Waals surface area contributed by atoms with Crippen molar-refractivity contribution in [3.8, 4) is 5.75 Å². The molecule has 5 heteroatoms. The second-order valence-corrected chi connectivity index (χ2v) is 5.85. The van der Waals surface area contributed by atoms with Crippen LogP contribution in [0.3, 0.4) is 0 Å². The Labute approximate surface area is 144 Å². The largest absolute Gasteiger partial charge is 0.488 e. The molecule has 0 saturated heterocycles. The predicted octanol–water partition coefficient (Wildman–Crippen LogP) is 3.84. The first-order chi connectivity index (χ1) is 11.7. The lowest BCUT2D eigenvalue weighted by molar-refractivity contribution is 0.310. The number of nitrogens with zero attached hydrogens (tertiary/aromatic N) is 2. The zero-order chi connectivity index (χ0) is 17.2. The van der Waals surface area contributed by atoms with Crippen LogP contribution in [0.25, 0.3) is 0 Å². The van der Waals surface area contributed by atoms with Gasteiger partial charge in [0.05, 0.1) is 12.8 Å². The molecule has 5 nitrogen and oxygen atoms in total. The Morgan fingerprint density at radius 1 is 1.17 bits per heavy atom. The van der Waals surface area contributed by atoms with E-state index in [-0.39, 0.29) is 5.95 Å². The van der Waals surface area contributed by atoms with Crippen molar-refractivity contribution in [1.29, 1.82) is 0 Å². The van der Waals surface area contributed by atoms with Gasteiger partial charge < -0.3 is 15.8 Å². The molecule has 0 aliphatic carbocycles. The van der Waals surface area contributed by atoms with Gasteiger partial charge in [0.15, 0.2) is 11.6 Å². The molecule has 1 aromatic heterocycles. The van der Waals surface area contributed by atoms with E-state index in [1.165, 1.54) is 11.1 Å². The molecule has 0 bridgehead atoms. The van der Waals surface area contributed by atoms with Gasteiger partial charge in [0, 0.05) is 6.54 Å². The van der Waals surface area contributed by atoms with Gasteiger partial charge in [-0.15, -0.1) is 0 Å². The van der Waals surface area contributed by atoms with Crippen molar-refractivity contribution < 1.29 is 4.74 Å². The third-order valence-electron chi connectivity index (χ3n) is 3.86. The number of hydrogen-bond acceptors (Lipinski definition) is 5. The normalized spacial score (nSPS) is 10.6. The average molecular weight is 328 g/mol. The van der Waals surface area contributed by atoms with Gasteiger partial charge >= 0.3 is 0 Å². The van der Waals surface area contributed by atoms with Crippen LogP contribution in [-0.2, 0) is 12.8 Å². The number of hydrogen-bond donors (Lipinski definition) is 2. The number of nitrogens with one attached hydrogen (secondary N) is 1. The molecular formula is C19H28N4O. The lowest BCUT2D eigenvalue weighted by Gasteiger charge is -2.12. The fourth-order valence-corrected chi connectivity index (χ4v) is 2.46. The molecule has 0 saturated carbocycles. The van der Waals surface area contributed by atoms with Crippen LogP contribution in [0.2, 0.25) is 0 Å². The van der Waals surface area contributed by atoms with E-state index in [4.69, 9.17) is 10.5 Å². The molecule has 0 amide bonds. The highest BCUT2D eigenvalue weighted by Gasteiger charge is 2.07. The first-order valence-electron chi connectivity index (χ1n) is 8.80. The molecule has 2 aromatic rings. The van der Waals surface area contributed by atoms with Crippen LogP contribution in [0.1, 0.15) is 44.2 Å². The van der Waals surface area contributed by atoms with Gasteiger partial charge in [-0.1, -0.05) is 44.5 Å². The summed E-state index contributed by atoms with van der Waals surface area (Å²) in [5.74, 6) is 1.62. The number of aryl methyl sites for hydroxylation is 2. The molecule has 0 radical (unpaired) electrons. The minimum Gasteiger partial charge on any atom is -0.488 e. The number of nitrogen functional groups attached to an aromatic ring is 1. The Morgan fingerprint density at radius 3 is 2.79 bits per heavy atom. The van der Waals surface area contributed by atoms with Gasteiger partial charge in [-0.05, 0) is 36.8 Å². The van der Waals surface area contributed by atoms with Gasteiger partial charge in [0.2, 0.25) is 5.95 Å². The molecule has 1 heterocycles. The quantitative estimate of drug-likeness (QED) is 0.648. The molecule has 0 unspecified atom stereocenters. The van der Waals surface area contributed by atoms with E-state index in [0.717, 1.165) is 38.6 Å². The third-order valence-corrected chi connectivity index (χ3v) is 3.86. The first-order valence-corrected chi connectivity index (χ1v) is 8.80. The van der Waals surface area contributed by atoms with E-state index in [1.54, 1.807) is 6.20 Å². The Bertz CT molecular complexity index is 631. The molecule has 1 aromatic carbocycles. The standard InChI is InChI=1S/C19H28N4O/c1-3-5-11-21-18-17(14-22-19(20)23-18)24-12-7-10-16-9-6-8-15(4-2)13-16/h6,8-9,13-14H,3-5,7,10-12H2,1-2H3,(H3,20,21,22,23). The highest BCUT2D eigenvalue weighted by molar-refractivity contribution is 5.51. The summed E-state index contributed by atoms with van der Waals surface area (Å²) in [6.07, 6.45) is 6.88. The predicted molar refractivity (Wildman–Crippen MR) is 99.5 cm³/mol. The third kappa shape index (κ3) is 5.72.